The zero-order chi connectivity index (χ0) is 12.0. The van der Waals surface area contributed by atoms with E-state index in [1.54, 1.807) is 0 Å². The normalized spacial score (nSPS) is 12.8. The third-order valence-electron chi connectivity index (χ3n) is 2.82. The van der Waals surface area contributed by atoms with Gasteiger partial charge in [0.25, 0.3) is 0 Å². The summed E-state index contributed by atoms with van der Waals surface area (Å²) in [6.07, 6.45) is 6.00. The second-order valence-electron chi connectivity index (χ2n) is 4.58. The molecule has 92 valence electrons. The highest BCUT2D eigenvalue weighted by atomic mass is 15.3. The van der Waals surface area contributed by atoms with Crippen molar-refractivity contribution in [3.63, 3.8) is 0 Å². The van der Waals surface area contributed by atoms with E-state index >= 15 is 0 Å². The average Bonchev–Trinajstić information content (AvgIpc) is 2.57. The number of rotatable bonds is 7. The van der Waals surface area contributed by atoms with Crippen LogP contribution in [0, 0.1) is 0 Å². The van der Waals surface area contributed by atoms with Gasteiger partial charge in [-0.2, -0.15) is 5.10 Å². The molecule has 0 aliphatic rings. The summed E-state index contributed by atoms with van der Waals surface area (Å²) in [5.74, 6) is 1.15. The Morgan fingerprint density at radius 3 is 2.75 bits per heavy atom. The molecule has 0 aliphatic heterocycles. The van der Waals surface area contributed by atoms with E-state index in [1.165, 1.54) is 25.0 Å². The van der Waals surface area contributed by atoms with E-state index in [4.69, 9.17) is 0 Å². The Balaban J connectivity index is 2.52. The van der Waals surface area contributed by atoms with Crippen LogP contribution in [0.25, 0.3) is 0 Å². The minimum absolute atomic E-state index is 0.532. The molecule has 0 radical (unpaired) electrons. The molecule has 1 aromatic heterocycles. The smallest absolute Gasteiger partial charge is 0.124 e. The van der Waals surface area contributed by atoms with Crippen molar-refractivity contribution in [1.82, 2.24) is 9.78 Å². The van der Waals surface area contributed by atoms with Gasteiger partial charge in [0.2, 0.25) is 0 Å². The molecule has 1 rings (SSSR count). The lowest BCUT2D eigenvalue weighted by Crippen LogP contribution is -2.16. The van der Waals surface area contributed by atoms with Crippen LogP contribution in [0.1, 0.15) is 52.1 Å². The fraction of sp³-hybridized carbons (Fsp3) is 0.769. The predicted molar refractivity (Wildman–Crippen MR) is 69.8 cm³/mol. The zero-order valence-corrected chi connectivity index (χ0v) is 11.1. The Hall–Kier alpha value is -0.990. The Kier molecular flexibility index (Phi) is 5.36. The number of aryl methyl sites for hydroxylation is 2. The zero-order valence-electron chi connectivity index (χ0n) is 11.1. The second kappa shape index (κ2) is 6.56. The molecule has 0 saturated heterocycles. The highest BCUT2D eigenvalue weighted by molar-refractivity contribution is 5.37. The highest BCUT2D eigenvalue weighted by Crippen LogP contribution is 2.13. The second-order valence-corrected chi connectivity index (χ2v) is 4.58. The molecule has 1 aromatic rings. The van der Waals surface area contributed by atoms with Crippen LogP contribution in [-0.4, -0.2) is 15.8 Å². The standard InChI is InChI=1S/C13H25N3/c1-5-7-9-11(3)14-13-10-12(8-6-2)15-16(13)4/h10-11,14H,5-9H2,1-4H3. The number of anilines is 1. The maximum atomic E-state index is 4.49. The van der Waals surface area contributed by atoms with Crippen molar-refractivity contribution in [1.29, 1.82) is 0 Å². The number of aromatic nitrogens is 2. The molecule has 3 heteroatoms. The Bertz CT molecular complexity index is 304. The first kappa shape index (κ1) is 13.1. The molecule has 16 heavy (non-hydrogen) atoms. The minimum Gasteiger partial charge on any atom is -0.368 e. The summed E-state index contributed by atoms with van der Waals surface area (Å²) in [6, 6.07) is 2.70. The van der Waals surface area contributed by atoms with Crippen molar-refractivity contribution in [2.24, 2.45) is 7.05 Å². The summed E-state index contributed by atoms with van der Waals surface area (Å²) < 4.78 is 1.95. The molecular formula is C13H25N3. The lowest BCUT2D eigenvalue weighted by molar-refractivity contribution is 0.634. The first-order valence-electron chi connectivity index (χ1n) is 6.46. The van der Waals surface area contributed by atoms with E-state index in [2.05, 4.69) is 37.3 Å². The Morgan fingerprint density at radius 2 is 2.12 bits per heavy atom. The molecule has 1 N–H and O–H groups in total. The molecule has 0 aromatic carbocycles. The van der Waals surface area contributed by atoms with E-state index in [1.807, 2.05) is 11.7 Å². The Morgan fingerprint density at radius 1 is 1.38 bits per heavy atom. The van der Waals surface area contributed by atoms with E-state index in [-0.39, 0.29) is 0 Å². The van der Waals surface area contributed by atoms with Gasteiger partial charge < -0.3 is 5.32 Å². The molecule has 3 nitrogen and oxygen atoms in total. The minimum atomic E-state index is 0.532. The predicted octanol–water partition coefficient (Wildman–Crippen LogP) is 3.36. The molecule has 1 atom stereocenters. The molecule has 1 heterocycles. The first-order chi connectivity index (χ1) is 7.67. The number of nitrogens with zero attached hydrogens (tertiary/aromatic N) is 2. The van der Waals surface area contributed by atoms with Crippen LogP contribution in [0.3, 0.4) is 0 Å². The van der Waals surface area contributed by atoms with Gasteiger partial charge in [-0.1, -0.05) is 33.1 Å². The van der Waals surface area contributed by atoms with Crippen molar-refractivity contribution in [2.75, 3.05) is 5.32 Å². The van der Waals surface area contributed by atoms with Gasteiger partial charge in [0.1, 0.15) is 5.82 Å². The van der Waals surface area contributed by atoms with Crippen LogP contribution >= 0.6 is 0 Å². The molecule has 0 saturated carbocycles. The SMILES string of the molecule is CCCCC(C)Nc1cc(CCC)nn1C. The topological polar surface area (TPSA) is 29.9 Å². The molecule has 0 spiro atoms. The summed E-state index contributed by atoms with van der Waals surface area (Å²) >= 11 is 0. The third-order valence-corrected chi connectivity index (χ3v) is 2.82. The van der Waals surface area contributed by atoms with Crippen molar-refractivity contribution < 1.29 is 0 Å². The molecule has 0 bridgehead atoms. The van der Waals surface area contributed by atoms with Crippen LogP contribution in [0.15, 0.2) is 6.07 Å². The fourth-order valence-electron chi connectivity index (χ4n) is 1.87. The van der Waals surface area contributed by atoms with Gasteiger partial charge in [-0.3, -0.25) is 4.68 Å². The van der Waals surface area contributed by atoms with Crippen molar-refractivity contribution in [3.05, 3.63) is 11.8 Å². The monoisotopic (exact) mass is 223 g/mol. The summed E-state index contributed by atoms with van der Waals surface area (Å²) in [6.45, 7) is 6.66. The van der Waals surface area contributed by atoms with Crippen molar-refractivity contribution in [3.8, 4) is 0 Å². The maximum Gasteiger partial charge on any atom is 0.124 e. The van der Waals surface area contributed by atoms with E-state index in [0.29, 0.717) is 6.04 Å². The van der Waals surface area contributed by atoms with Gasteiger partial charge in [-0.25, -0.2) is 0 Å². The third kappa shape index (κ3) is 3.87. The van der Waals surface area contributed by atoms with Gasteiger partial charge in [-0.05, 0) is 19.8 Å². The Labute approximate surface area is 99.2 Å². The van der Waals surface area contributed by atoms with Gasteiger partial charge in [0.15, 0.2) is 0 Å². The lowest BCUT2D eigenvalue weighted by atomic mass is 10.1. The average molecular weight is 223 g/mol. The molecule has 0 aliphatic carbocycles. The summed E-state index contributed by atoms with van der Waals surface area (Å²) in [4.78, 5) is 0. The molecule has 1 unspecified atom stereocenters. The van der Waals surface area contributed by atoms with Crippen LogP contribution in [0.4, 0.5) is 5.82 Å². The lowest BCUT2D eigenvalue weighted by Gasteiger charge is -2.14. The van der Waals surface area contributed by atoms with E-state index in [0.717, 1.165) is 18.7 Å². The van der Waals surface area contributed by atoms with E-state index < -0.39 is 0 Å². The van der Waals surface area contributed by atoms with Gasteiger partial charge in [0.05, 0.1) is 5.69 Å². The molecular weight excluding hydrogens is 198 g/mol. The van der Waals surface area contributed by atoms with Gasteiger partial charge in [-0.15, -0.1) is 0 Å². The number of hydrogen-bond acceptors (Lipinski definition) is 2. The number of unbranched alkanes of at least 4 members (excludes halogenated alkanes) is 1. The van der Waals surface area contributed by atoms with Gasteiger partial charge in [0, 0.05) is 19.2 Å². The highest BCUT2D eigenvalue weighted by Gasteiger charge is 2.07. The molecule has 0 amide bonds. The quantitative estimate of drug-likeness (QED) is 0.768. The summed E-state index contributed by atoms with van der Waals surface area (Å²) in [5.41, 5.74) is 1.19. The number of nitrogens with one attached hydrogen (secondary N) is 1. The number of hydrogen-bond donors (Lipinski definition) is 1. The fourth-order valence-corrected chi connectivity index (χ4v) is 1.87. The van der Waals surface area contributed by atoms with Gasteiger partial charge >= 0.3 is 0 Å². The summed E-state index contributed by atoms with van der Waals surface area (Å²) in [7, 11) is 2.01. The summed E-state index contributed by atoms with van der Waals surface area (Å²) in [5, 5.41) is 8.01. The maximum absolute atomic E-state index is 4.49. The van der Waals surface area contributed by atoms with Crippen molar-refractivity contribution in [2.45, 2.75) is 58.9 Å². The van der Waals surface area contributed by atoms with E-state index in [9.17, 15) is 0 Å². The van der Waals surface area contributed by atoms with Crippen LogP contribution in [0.2, 0.25) is 0 Å². The van der Waals surface area contributed by atoms with Crippen LogP contribution in [-0.2, 0) is 13.5 Å². The van der Waals surface area contributed by atoms with Crippen LogP contribution < -0.4 is 5.32 Å². The molecule has 0 fully saturated rings. The largest absolute Gasteiger partial charge is 0.368 e. The van der Waals surface area contributed by atoms with Crippen LogP contribution in [0.5, 0.6) is 0 Å². The van der Waals surface area contributed by atoms with Crippen molar-refractivity contribution >= 4 is 5.82 Å². The first-order valence-corrected chi connectivity index (χ1v) is 6.46.